The molecular formula is C16H23NO2. The first kappa shape index (κ1) is 13.9. The van der Waals surface area contributed by atoms with Crippen molar-refractivity contribution < 1.29 is 9.90 Å². The average Bonchev–Trinajstić information content (AvgIpc) is 2.37. The van der Waals surface area contributed by atoms with Crippen molar-refractivity contribution in [3.63, 3.8) is 0 Å². The maximum Gasteiger partial charge on any atom is 0.303 e. The summed E-state index contributed by atoms with van der Waals surface area (Å²) >= 11 is 0. The van der Waals surface area contributed by atoms with Crippen LogP contribution in [0.3, 0.4) is 0 Å². The number of anilines is 1. The molecule has 104 valence electrons. The van der Waals surface area contributed by atoms with Crippen LogP contribution < -0.4 is 4.90 Å². The van der Waals surface area contributed by atoms with Crippen LogP contribution in [0.15, 0.2) is 24.3 Å². The van der Waals surface area contributed by atoms with E-state index < -0.39 is 5.97 Å². The van der Waals surface area contributed by atoms with Gasteiger partial charge in [-0.05, 0) is 37.0 Å². The number of benzene rings is 1. The molecule has 1 fully saturated rings. The van der Waals surface area contributed by atoms with E-state index in [2.05, 4.69) is 43.0 Å². The Hall–Kier alpha value is -1.51. The Morgan fingerprint density at radius 3 is 2.26 bits per heavy atom. The van der Waals surface area contributed by atoms with Crippen molar-refractivity contribution in [3.05, 3.63) is 29.8 Å². The monoisotopic (exact) mass is 261 g/mol. The zero-order valence-corrected chi connectivity index (χ0v) is 11.9. The van der Waals surface area contributed by atoms with Gasteiger partial charge in [-0.1, -0.05) is 26.0 Å². The van der Waals surface area contributed by atoms with Gasteiger partial charge in [-0.25, -0.2) is 0 Å². The van der Waals surface area contributed by atoms with Crippen molar-refractivity contribution in [1.29, 1.82) is 0 Å². The molecule has 0 atom stereocenters. The molecule has 1 aliphatic heterocycles. The van der Waals surface area contributed by atoms with Gasteiger partial charge in [-0.3, -0.25) is 4.79 Å². The summed E-state index contributed by atoms with van der Waals surface area (Å²) in [6, 6.07) is 8.34. The van der Waals surface area contributed by atoms with Gasteiger partial charge in [0, 0.05) is 30.6 Å². The van der Waals surface area contributed by atoms with Crippen molar-refractivity contribution in [3.8, 4) is 0 Å². The van der Waals surface area contributed by atoms with E-state index in [4.69, 9.17) is 5.11 Å². The highest BCUT2D eigenvalue weighted by Crippen LogP contribution is 2.39. The summed E-state index contributed by atoms with van der Waals surface area (Å²) < 4.78 is 0. The summed E-state index contributed by atoms with van der Waals surface area (Å²) in [5, 5.41) is 8.67. The van der Waals surface area contributed by atoms with Crippen LogP contribution in [0.1, 0.15) is 38.7 Å². The van der Waals surface area contributed by atoms with Crippen molar-refractivity contribution >= 4 is 11.7 Å². The van der Waals surface area contributed by atoms with Gasteiger partial charge in [-0.15, -0.1) is 0 Å². The fraction of sp³-hybridized carbons (Fsp3) is 0.562. The van der Waals surface area contributed by atoms with Gasteiger partial charge < -0.3 is 10.0 Å². The van der Waals surface area contributed by atoms with Crippen molar-refractivity contribution in [1.82, 2.24) is 0 Å². The van der Waals surface area contributed by atoms with Crippen LogP contribution >= 0.6 is 0 Å². The summed E-state index contributed by atoms with van der Waals surface area (Å²) in [5.41, 5.74) is 2.88. The number of aliphatic carboxylic acids is 1. The van der Waals surface area contributed by atoms with E-state index in [1.807, 2.05) is 0 Å². The minimum absolute atomic E-state index is 0.206. The summed E-state index contributed by atoms with van der Waals surface area (Å²) in [5.74, 6) is -0.734. The number of aryl methyl sites for hydroxylation is 1. The Morgan fingerprint density at radius 1 is 1.21 bits per heavy atom. The van der Waals surface area contributed by atoms with Gasteiger partial charge in [0.2, 0.25) is 0 Å². The molecule has 2 rings (SSSR count). The van der Waals surface area contributed by atoms with Gasteiger partial charge in [0.1, 0.15) is 0 Å². The molecule has 0 aromatic heterocycles. The van der Waals surface area contributed by atoms with E-state index in [0.717, 1.165) is 18.7 Å². The molecule has 3 nitrogen and oxygen atoms in total. The predicted molar refractivity (Wildman–Crippen MR) is 77.6 cm³/mol. The Balaban J connectivity index is 1.91. The third-order valence-electron chi connectivity index (χ3n) is 4.48. The lowest BCUT2D eigenvalue weighted by Gasteiger charge is -2.51. The second-order valence-electron chi connectivity index (χ2n) is 5.62. The number of carbonyl (C=O) groups is 1. The maximum atomic E-state index is 10.5. The van der Waals surface area contributed by atoms with Crippen LogP contribution in [0, 0.1) is 5.41 Å². The maximum absolute atomic E-state index is 10.5. The fourth-order valence-electron chi connectivity index (χ4n) is 2.77. The van der Waals surface area contributed by atoms with E-state index in [1.165, 1.54) is 18.5 Å². The van der Waals surface area contributed by atoms with Crippen LogP contribution in [0.25, 0.3) is 0 Å². The molecule has 1 aromatic rings. The molecule has 1 aromatic carbocycles. The second-order valence-corrected chi connectivity index (χ2v) is 5.62. The zero-order chi connectivity index (χ0) is 13.9. The van der Waals surface area contributed by atoms with Gasteiger partial charge in [0.05, 0.1) is 0 Å². The minimum Gasteiger partial charge on any atom is -0.481 e. The molecule has 0 aliphatic carbocycles. The standard InChI is InChI=1S/C16H23NO2/c1-3-16(4-2)11-17(12-16)14-8-5-13(6-9-14)7-10-15(18)19/h5-6,8-9H,3-4,7,10-12H2,1-2H3,(H,18,19). The van der Waals surface area contributed by atoms with Crippen LogP contribution in [0.4, 0.5) is 5.69 Å². The number of nitrogens with zero attached hydrogens (tertiary/aromatic N) is 1. The highest BCUT2D eigenvalue weighted by atomic mass is 16.4. The molecular weight excluding hydrogens is 238 g/mol. The van der Waals surface area contributed by atoms with Crippen LogP contribution in [0.2, 0.25) is 0 Å². The number of hydrogen-bond acceptors (Lipinski definition) is 2. The van der Waals surface area contributed by atoms with E-state index in [9.17, 15) is 4.79 Å². The minimum atomic E-state index is -0.734. The highest BCUT2D eigenvalue weighted by molar-refractivity contribution is 5.67. The number of rotatable bonds is 6. The third-order valence-corrected chi connectivity index (χ3v) is 4.48. The molecule has 0 radical (unpaired) electrons. The lowest BCUT2D eigenvalue weighted by Crippen LogP contribution is -2.55. The van der Waals surface area contributed by atoms with Gasteiger partial charge in [0.25, 0.3) is 0 Å². The van der Waals surface area contributed by atoms with Crippen LogP contribution in [0.5, 0.6) is 0 Å². The van der Waals surface area contributed by atoms with Crippen molar-refractivity contribution in [2.24, 2.45) is 5.41 Å². The molecule has 1 aliphatic rings. The van der Waals surface area contributed by atoms with Crippen LogP contribution in [-0.2, 0) is 11.2 Å². The quantitative estimate of drug-likeness (QED) is 0.854. The first-order valence-electron chi connectivity index (χ1n) is 7.14. The molecule has 0 bridgehead atoms. The topological polar surface area (TPSA) is 40.5 Å². The van der Waals surface area contributed by atoms with Crippen LogP contribution in [-0.4, -0.2) is 24.2 Å². The molecule has 0 spiro atoms. The van der Waals surface area contributed by atoms with Gasteiger partial charge in [-0.2, -0.15) is 0 Å². The number of carboxylic acid groups (broad SMARTS) is 1. The molecule has 19 heavy (non-hydrogen) atoms. The number of carboxylic acids is 1. The summed E-state index contributed by atoms with van der Waals surface area (Å²) in [4.78, 5) is 12.9. The second kappa shape index (κ2) is 5.64. The molecule has 3 heteroatoms. The number of hydrogen-bond donors (Lipinski definition) is 1. The smallest absolute Gasteiger partial charge is 0.303 e. The average molecular weight is 261 g/mol. The normalized spacial score (nSPS) is 17.1. The molecule has 1 saturated heterocycles. The molecule has 0 amide bonds. The van der Waals surface area contributed by atoms with Gasteiger partial charge in [0.15, 0.2) is 0 Å². The Labute approximate surface area is 115 Å². The Bertz CT molecular complexity index is 427. The summed E-state index contributed by atoms with van der Waals surface area (Å²) in [6.07, 6.45) is 3.31. The van der Waals surface area contributed by atoms with E-state index in [-0.39, 0.29) is 6.42 Å². The highest BCUT2D eigenvalue weighted by Gasteiger charge is 2.39. The summed E-state index contributed by atoms with van der Waals surface area (Å²) in [7, 11) is 0. The first-order valence-corrected chi connectivity index (χ1v) is 7.14. The summed E-state index contributed by atoms with van der Waals surface area (Å²) in [6.45, 7) is 6.84. The largest absolute Gasteiger partial charge is 0.481 e. The molecule has 0 saturated carbocycles. The SMILES string of the molecule is CCC1(CC)CN(c2ccc(CCC(=O)O)cc2)C1. The van der Waals surface area contributed by atoms with Gasteiger partial charge >= 0.3 is 5.97 Å². The fourth-order valence-corrected chi connectivity index (χ4v) is 2.77. The third kappa shape index (κ3) is 3.09. The molecule has 1 heterocycles. The predicted octanol–water partition coefficient (Wildman–Crippen LogP) is 3.33. The van der Waals surface area contributed by atoms with Crippen molar-refractivity contribution in [2.45, 2.75) is 39.5 Å². The Morgan fingerprint density at radius 2 is 1.79 bits per heavy atom. The van der Waals surface area contributed by atoms with E-state index in [1.54, 1.807) is 0 Å². The lowest BCUT2D eigenvalue weighted by molar-refractivity contribution is -0.136. The Kier molecular flexibility index (Phi) is 4.13. The zero-order valence-electron chi connectivity index (χ0n) is 11.9. The first-order chi connectivity index (χ1) is 9.08. The molecule has 1 N–H and O–H groups in total. The van der Waals surface area contributed by atoms with E-state index >= 15 is 0 Å². The lowest BCUT2D eigenvalue weighted by atomic mass is 9.75. The molecule has 0 unspecified atom stereocenters. The van der Waals surface area contributed by atoms with Crippen molar-refractivity contribution in [2.75, 3.05) is 18.0 Å². The van der Waals surface area contributed by atoms with E-state index in [0.29, 0.717) is 11.8 Å².